The van der Waals surface area contributed by atoms with E-state index in [1.807, 2.05) is 97.4 Å². The van der Waals surface area contributed by atoms with Crippen LogP contribution in [0.25, 0.3) is 28.0 Å². The van der Waals surface area contributed by atoms with Crippen LogP contribution in [0.15, 0.2) is 88.1 Å². The molecule has 2 aromatic heterocycles. The summed E-state index contributed by atoms with van der Waals surface area (Å²) in [5, 5.41) is 4.67. The molecule has 5 aromatic rings. The lowest BCUT2D eigenvalue weighted by atomic mass is 10.1. The zero-order chi connectivity index (χ0) is 24.5. The zero-order valence-corrected chi connectivity index (χ0v) is 21.2. The van der Waals surface area contributed by atoms with Crippen LogP contribution in [0.2, 0.25) is 0 Å². The van der Waals surface area contributed by atoms with Gasteiger partial charge in [-0.1, -0.05) is 54.6 Å². The summed E-state index contributed by atoms with van der Waals surface area (Å²) in [6.07, 6.45) is 0. The normalized spacial score (nSPS) is 11.1. The number of hydrogen-bond donors (Lipinski definition) is 0. The molecule has 0 saturated carbocycles. The quantitative estimate of drug-likeness (QED) is 0.269. The number of halogens is 1. The van der Waals surface area contributed by atoms with E-state index in [0.717, 1.165) is 49.7 Å². The lowest BCUT2D eigenvalue weighted by molar-refractivity contribution is 0.306. The van der Waals surface area contributed by atoms with Crippen LogP contribution in [-0.4, -0.2) is 21.3 Å². The fourth-order valence-corrected chi connectivity index (χ4v) is 4.87. The number of nitrogens with zero attached hydrogens (tertiary/aromatic N) is 3. The van der Waals surface area contributed by atoms with Crippen LogP contribution >= 0.6 is 15.9 Å². The van der Waals surface area contributed by atoms with Crippen molar-refractivity contribution in [2.75, 3.05) is 7.11 Å². The lowest BCUT2D eigenvalue weighted by Crippen LogP contribution is -2.22. The molecular formula is C28H24BrN3O3. The predicted octanol–water partition coefficient (Wildman–Crippen LogP) is 6.03. The van der Waals surface area contributed by atoms with Crippen molar-refractivity contribution in [3.8, 4) is 33.9 Å². The molecule has 35 heavy (non-hydrogen) atoms. The molecule has 0 unspecified atom stereocenters. The second-order valence-electron chi connectivity index (χ2n) is 8.25. The van der Waals surface area contributed by atoms with Gasteiger partial charge in [-0.25, -0.2) is 0 Å². The van der Waals surface area contributed by atoms with Crippen molar-refractivity contribution in [2.45, 2.75) is 13.5 Å². The Labute approximate surface area is 211 Å². The molecule has 7 heteroatoms. The van der Waals surface area contributed by atoms with Gasteiger partial charge >= 0.3 is 0 Å². The molecule has 0 radical (unpaired) electrons. The highest BCUT2D eigenvalue weighted by Crippen LogP contribution is 2.32. The number of fused-ring (bicyclic) bond motifs is 1. The van der Waals surface area contributed by atoms with E-state index in [-0.39, 0.29) is 5.56 Å². The SMILES string of the molecule is COc1ccc(COc2ccc(-c3c(C)n(C)c4c(Br)c(-c5ccccc5)nn4c3=O)cc2)cc1. The Balaban J connectivity index is 1.48. The van der Waals surface area contributed by atoms with E-state index in [0.29, 0.717) is 12.2 Å². The summed E-state index contributed by atoms with van der Waals surface area (Å²) in [7, 11) is 3.59. The van der Waals surface area contributed by atoms with Gasteiger partial charge in [-0.3, -0.25) is 4.79 Å². The Morgan fingerprint density at radius 1 is 0.886 bits per heavy atom. The molecule has 0 spiro atoms. The summed E-state index contributed by atoms with van der Waals surface area (Å²) in [5.74, 6) is 1.54. The third kappa shape index (κ3) is 4.23. The molecule has 0 bridgehead atoms. The number of rotatable bonds is 6. The van der Waals surface area contributed by atoms with Crippen molar-refractivity contribution in [1.82, 2.24) is 14.2 Å². The van der Waals surface area contributed by atoms with Crippen molar-refractivity contribution < 1.29 is 9.47 Å². The van der Waals surface area contributed by atoms with E-state index in [9.17, 15) is 4.79 Å². The van der Waals surface area contributed by atoms with Crippen LogP contribution in [0, 0.1) is 6.92 Å². The van der Waals surface area contributed by atoms with E-state index < -0.39 is 0 Å². The van der Waals surface area contributed by atoms with Crippen LogP contribution in [0.4, 0.5) is 0 Å². The molecular weight excluding hydrogens is 506 g/mol. The average Bonchev–Trinajstić information content (AvgIpc) is 3.25. The fraction of sp³-hybridized carbons (Fsp3) is 0.143. The number of aryl methyl sites for hydroxylation is 1. The van der Waals surface area contributed by atoms with Gasteiger partial charge in [-0.15, -0.1) is 0 Å². The van der Waals surface area contributed by atoms with Crippen LogP contribution < -0.4 is 15.0 Å². The van der Waals surface area contributed by atoms with E-state index in [4.69, 9.17) is 9.47 Å². The highest BCUT2D eigenvalue weighted by molar-refractivity contribution is 9.10. The first-order valence-electron chi connectivity index (χ1n) is 11.2. The molecule has 0 saturated heterocycles. The summed E-state index contributed by atoms with van der Waals surface area (Å²) >= 11 is 3.68. The Hall–Kier alpha value is -3.84. The van der Waals surface area contributed by atoms with E-state index in [1.54, 1.807) is 7.11 Å². The van der Waals surface area contributed by atoms with Crippen molar-refractivity contribution in [2.24, 2.45) is 7.05 Å². The molecule has 2 heterocycles. The third-order valence-corrected chi connectivity index (χ3v) is 6.88. The molecule has 6 nitrogen and oxygen atoms in total. The smallest absolute Gasteiger partial charge is 0.282 e. The maximum absolute atomic E-state index is 13.6. The van der Waals surface area contributed by atoms with Gasteiger partial charge in [-0.2, -0.15) is 9.61 Å². The topological polar surface area (TPSA) is 57.8 Å². The maximum atomic E-state index is 13.6. The minimum Gasteiger partial charge on any atom is -0.497 e. The summed E-state index contributed by atoms with van der Waals surface area (Å²) in [6, 6.07) is 25.2. The van der Waals surface area contributed by atoms with Crippen molar-refractivity contribution in [3.05, 3.63) is 105 Å². The monoisotopic (exact) mass is 529 g/mol. The van der Waals surface area contributed by atoms with Crippen LogP contribution in [0.1, 0.15) is 11.3 Å². The molecule has 0 N–H and O–H groups in total. The minimum absolute atomic E-state index is 0.162. The van der Waals surface area contributed by atoms with Crippen LogP contribution in [-0.2, 0) is 13.7 Å². The number of benzene rings is 3. The second-order valence-corrected chi connectivity index (χ2v) is 9.04. The summed E-state index contributed by atoms with van der Waals surface area (Å²) in [6.45, 7) is 2.39. The highest BCUT2D eigenvalue weighted by atomic mass is 79.9. The van der Waals surface area contributed by atoms with Gasteiger partial charge in [0.1, 0.15) is 23.8 Å². The first-order chi connectivity index (χ1) is 17.0. The molecule has 176 valence electrons. The number of hydrogen-bond acceptors (Lipinski definition) is 4. The second kappa shape index (κ2) is 9.43. The average molecular weight is 530 g/mol. The van der Waals surface area contributed by atoms with Gasteiger partial charge in [0.25, 0.3) is 5.56 Å². The minimum atomic E-state index is -0.162. The lowest BCUT2D eigenvalue weighted by Gasteiger charge is -2.13. The molecule has 0 aliphatic heterocycles. The highest BCUT2D eigenvalue weighted by Gasteiger charge is 2.21. The van der Waals surface area contributed by atoms with Gasteiger partial charge in [0.2, 0.25) is 0 Å². The Bertz CT molecular complexity index is 1550. The van der Waals surface area contributed by atoms with Gasteiger partial charge in [0, 0.05) is 18.3 Å². The number of ether oxygens (including phenoxy) is 2. The zero-order valence-electron chi connectivity index (χ0n) is 19.7. The van der Waals surface area contributed by atoms with Gasteiger partial charge in [0.15, 0.2) is 5.65 Å². The Morgan fingerprint density at radius 2 is 1.54 bits per heavy atom. The summed E-state index contributed by atoms with van der Waals surface area (Å²) < 4.78 is 15.4. The standard InChI is InChI=1S/C28H24BrN3O3/c1-18-24(20-11-15-23(16-12-20)35-17-19-9-13-22(34-3)14-10-19)28(33)32-27(31(18)2)25(29)26(30-32)21-7-5-4-6-8-21/h4-16H,17H2,1-3H3. The number of methoxy groups -OCH3 is 1. The molecule has 5 rings (SSSR count). The van der Waals surface area contributed by atoms with E-state index >= 15 is 0 Å². The van der Waals surface area contributed by atoms with Crippen molar-refractivity contribution in [1.29, 1.82) is 0 Å². The van der Waals surface area contributed by atoms with E-state index in [2.05, 4.69) is 21.0 Å². The predicted molar refractivity (Wildman–Crippen MR) is 141 cm³/mol. The third-order valence-electron chi connectivity index (χ3n) is 6.15. The first kappa shape index (κ1) is 22.9. The Kier molecular flexibility index (Phi) is 6.17. The number of aromatic nitrogens is 3. The van der Waals surface area contributed by atoms with Crippen LogP contribution in [0.3, 0.4) is 0 Å². The van der Waals surface area contributed by atoms with Gasteiger partial charge < -0.3 is 14.0 Å². The molecule has 0 atom stereocenters. The first-order valence-corrected chi connectivity index (χ1v) is 12.0. The van der Waals surface area contributed by atoms with Crippen molar-refractivity contribution >= 4 is 21.6 Å². The molecule has 0 aliphatic rings. The van der Waals surface area contributed by atoms with Gasteiger partial charge in [0.05, 0.1) is 17.1 Å². The summed E-state index contributed by atoms with van der Waals surface area (Å²) in [4.78, 5) is 13.6. The Morgan fingerprint density at radius 3 is 2.20 bits per heavy atom. The van der Waals surface area contributed by atoms with E-state index in [1.165, 1.54) is 4.52 Å². The summed E-state index contributed by atoms with van der Waals surface area (Å²) in [5.41, 5.74) is 5.56. The molecule has 0 aliphatic carbocycles. The molecule has 0 amide bonds. The fourth-order valence-electron chi connectivity index (χ4n) is 4.13. The molecule has 3 aromatic carbocycles. The van der Waals surface area contributed by atoms with Gasteiger partial charge in [-0.05, 0) is 58.2 Å². The maximum Gasteiger partial charge on any atom is 0.282 e. The van der Waals surface area contributed by atoms with Crippen LogP contribution in [0.5, 0.6) is 11.5 Å². The molecule has 0 fully saturated rings. The largest absolute Gasteiger partial charge is 0.497 e. The van der Waals surface area contributed by atoms with Crippen molar-refractivity contribution in [3.63, 3.8) is 0 Å².